The summed E-state index contributed by atoms with van der Waals surface area (Å²) in [6, 6.07) is 24.9. The van der Waals surface area contributed by atoms with Crippen molar-refractivity contribution in [2.24, 2.45) is 0 Å². The predicted octanol–water partition coefficient (Wildman–Crippen LogP) is 6.04. The first-order chi connectivity index (χ1) is 17.1. The lowest BCUT2D eigenvalue weighted by Gasteiger charge is -2.11. The molecule has 0 saturated heterocycles. The Kier molecular flexibility index (Phi) is 6.82. The second-order valence-electron chi connectivity index (χ2n) is 7.57. The normalized spacial score (nSPS) is 10.9. The van der Waals surface area contributed by atoms with E-state index in [1.807, 2.05) is 30.3 Å². The van der Waals surface area contributed by atoms with Crippen molar-refractivity contribution in [2.75, 3.05) is 0 Å². The number of nitrogens with zero attached hydrogens (tertiary/aromatic N) is 7. The molecule has 0 amide bonds. The van der Waals surface area contributed by atoms with Crippen molar-refractivity contribution in [3.63, 3.8) is 0 Å². The van der Waals surface area contributed by atoms with Gasteiger partial charge in [-0.3, -0.25) is 0 Å². The van der Waals surface area contributed by atoms with Gasteiger partial charge in [0, 0.05) is 5.75 Å². The van der Waals surface area contributed by atoms with Gasteiger partial charge in [0.1, 0.15) is 10.7 Å². The summed E-state index contributed by atoms with van der Waals surface area (Å²) in [4.78, 5) is 1.52. The Morgan fingerprint density at radius 2 is 1.63 bits per heavy atom. The average Bonchev–Trinajstić information content (AvgIpc) is 3.51. The largest absolute Gasteiger partial charge is 0.223 e. The van der Waals surface area contributed by atoms with Crippen LogP contribution < -0.4 is 0 Å². The zero-order valence-electron chi connectivity index (χ0n) is 18.2. The maximum Gasteiger partial charge on any atom is 0.209 e. The molecule has 172 valence electrons. The predicted molar refractivity (Wildman–Crippen MR) is 137 cm³/mol. The first-order valence-corrected chi connectivity index (χ1v) is 12.3. The lowest BCUT2D eigenvalue weighted by Crippen LogP contribution is -2.04. The lowest BCUT2D eigenvalue weighted by molar-refractivity contribution is 0.573. The molecule has 3 aromatic carbocycles. The summed E-state index contributed by atoms with van der Waals surface area (Å²) in [5.41, 5.74) is 4.06. The van der Waals surface area contributed by atoms with Gasteiger partial charge in [0.05, 0.1) is 40.0 Å². The molecule has 0 radical (unpaired) electrons. The van der Waals surface area contributed by atoms with E-state index in [0.717, 1.165) is 16.2 Å². The van der Waals surface area contributed by atoms with Crippen LogP contribution in [0.3, 0.4) is 0 Å². The molecule has 0 aliphatic heterocycles. The van der Waals surface area contributed by atoms with Crippen LogP contribution in [-0.4, -0.2) is 30.0 Å². The van der Waals surface area contributed by atoms with Gasteiger partial charge in [-0.15, -0.1) is 22.0 Å². The number of benzene rings is 3. The molecule has 0 aliphatic carbocycles. The van der Waals surface area contributed by atoms with Crippen LogP contribution in [0, 0.1) is 11.3 Å². The van der Waals surface area contributed by atoms with Crippen molar-refractivity contribution >= 4 is 35.0 Å². The summed E-state index contributed by atoms with van der Waals surface area (Å²) >= 11 is 14.6. The van der Waals surface area contributed by atoms with Crippen molar-refractivity contribution < 1.29 is 0 Å². The zero-order valence-corrected chi connectivity index (χ0v) is 20.5. The number of thioether (sulfide) groups is 1. The fraction of sp³-hybridized carbons (Fsp3) is 0.0800. The van der Waals surface area contributed by atoms with E-state index in [4.69, 9.17) is 28.5 Å². The SMILES string of the molecule is N#Cc1ccc(Cn2nnc(-c3cnn(-c4c(Cl)cccc4Cl)c3SCc3ccccc3)n2)cc1. The molecular formula is C25H17Cl2N7S. The van der Waals surface area contributed by atoms with Crippen LogP contribution in [0.5, 0.6) is 0 Å². The van der Waals surface area contributed by atoms with Crippen LogP contribution >= 0.6 is 35.0 Å². The van der Waals surface area contributed by atoms with E-state index in [0.29, 0.717) is 39.4 Å². The summed E-state index contributed by atoms with van der Waals surface area (Å²) < 4.78 is 1.73. The standard InChI is InChI=1S/C25H17Cl2N7S/c26-21-7-4-8-22(27)23(21)34-25(35-16-19-5-2-1-3-6-19)20(14-29-34)24-30-32-33(31-24)15-18-11-9-17(13-28)10-12-18/h1-12,14H,15-16H2. The number of rotatable bonds is 7. The highest BCUT2D eigenvalue weighted by Gasteiger charge is 2.21. The van der Waals surface area contributed by atoms with Gasteiger partial charge >= 0.3 is 0 Å². The van der Waals surface area contributed by atoms with Crippen LogP contribution in [0.15, 0.2) is 84.0 Å². The Labute approximate surface area is 215 Å². The molecule has 2 aromatic heterocycles. The van der Waals surface area contributed by atoms with Crippen molar-refractivity contribution in [1.82, 2.24) is 30.0 Å². The molecule has 0 bridgehead atoms. The van der Waals surface area contributed by atoms with Crippen LogP contribution in [0.1, 0.15) is 16.7 Å². The summed E-state index contributed by atoms with van der Waals surface area (Å²) in [6.45, 7) is 0.426. The van der Waals surface area contributed by atoms with Gasteiger partial charge in [-0.25, -0.2) is 4.68 Å². The Hall–Kier alpha value is -3.64. The summed E-state index contributed by atoms with van der Waals surface area (Å²) in [6.07, 6.45) is 1.70. The molecule has 7 nitrogen and oxygen atoms in total. The molecule has 10 heteroatoms. The molecule has 0 fully saturated rings. The van der Waals surface area contributed by atoms with E-state index in [9.17, 15) is 0 Å². The molecule has 35 heavy (non-hydrogen) atoms. The first kappa shape index (κ1) is 23.1. The van der Waals surface area contributed by atoms with Gasteiger partial charge in [0.2, 0.25) is 5.82 Å². The number of halogens is 2. The van der Waals surface area contributed by atoms with Crippen LogP contribution in [0.2, 0.25) is 10.0 Å². The lowest BCUT2D eigenvalue weighted by atomic mass is 10.1. The van der Waals surface area contributed by atoms with Crippen LogP contribution in [-0.2, 0) is 12.3 Å². The number of hydrogen-bond acceptors (Lipinski definition) is 6. The third-order valence-electron chi connectivity index (χ3n) is 5.19. The quantitative estimate of drug-likeness (QED) is 0.244. The van der Waals surface area contributed by atoms with Crippen molar-refractivity contribution in [3.05, 3.63) is 106 Å². The van der Waals surface area contributed by atoms with Crippen LogP contribution in [0.4, 0.5) is 0 Å². The second kappa shape index (κ2) is 10.3. The van der Waals surface area contributed by atoms with Crippen molar-refractivity contribution in [2.45, 2.75) is 17.3 Å². The maximum absolute atomic E-state index is 8.99. The Balaban J connectivity index is 1.50. The molecule has 0 unspecified atom stereocenters. The highest BCUT2D eigenvalue weighted by molar-refractivity contribution is 7.98. The highest BCUT2D eigenvalue weighted by Crippen LogP contribution is 2.37. The third kappa shape index (κ3) is 5.08. The van der Waals surface area contributed by atoms with E-state index in [-0.39, 0.29) is 0 Å². The van der Waals surface area contributed by atoms with Crippen molar-refractivity contribution in [3.8, 4) is 23.1 Å². The first-order valence-electron chi connectivity index (χ1n) is 10.6. The number of nitriles is 1. The third-order valence-corrected chi connectivity index (χ3v) is 6.95. The molecular weight excluding hydrogens is 501 g/mol. The molecule has 5 aromatic rings. The topological polar surface area (TPSA) is 85.2 Å². The van der Waals surface area contributed by atoms with Gasteiger partial charge in [0.15, 0.2) is 0 Å². The molecule has 2 heterocycles. The molecule has 0 saturated carbocycles. The van der Waals surface area contributed by atoms with Gasteiger partial charge in [-0.2, -0.15) is 15.2 Å². The minimum atomic E-state index is 0.426. The minimum Gasteiger partial charge on any atom is -0.223 e. The Morgan fingerprint density at radius 3 is 2.34 bits per heavy atom. The van der Waals surface area contributed by atoms with Crippen molar-refractivity contribution in [1.29, 1.82) is 5.26 Å². The number of aromatic nitrogens is 6. The summed E-state index contributed by atoms with van der Waals surface area (Å²) in [5, 5.41) is 28.5. The van der Waals surface area contributed by atoms with E-state index in [2.05, 4.69) is 38.7 Å². The molecule has 0 spiro atoms. The monoisotopic (exact) mass is 517 g/mol. The number of tetrazole rings is 1. The molecule has 0 aliphatic rings. The maximum atomic E-state index is 8.99. The molecule has 5 rings (SSSR count). The number of para-hydroxylation sites is 1. The van der Waals surface area contributed by atoms with Crippen LogP contribution in [0.25, 0.3) is 17.1 Å². The van der Waals surface area contributed by atoms with E-state index in [1.165, 1.54) is 10.4 Å². The average molecular weight is 518 g/mol. The minimum absolute atomic E-state index is 0.426. The Morgan fingerprint density at radius 1 is 0.886 bits per heavy atom. The second-order valence-corrected chi connectivity index (χ2v) is 9.35. The summed E-state index contributed by atoms with van der Waals surface area (Å²) in [5.74, 6) is 1.16. The highest BCUT2D eigenvalue weighted by atomic mass is 35.5. The van der Waals surface area contributed by atoms with Gasteiger partial charge in [0.25, 0.3) is 0 Å². The van der Waals surface area contributed by atoms with Gasteiger partial charge in [-0.1, -0.05) is 71.7 Å². The summed E-state index contributed by atoms with van der Waals surface area (Å²) in [7, 11) is 0. The fourth-order valence-corrected chi connectivity index (χ4v) is 5.09. The smallest absolute Gasteiger partial charge is 0.209 e. The zero-order chi connectivity index (χ0) is 24.2. The molecule has 0 N–H and O–H groups in total. The van der Waals surface area contributed by atoms with Gasteiger partial charge < -0.3 is 0 Å². The molecule has 0 atom stereocenters. The number of hydrogen-bond donors (Lipinski definition) is 0. The Bertz CT molecular complexity index is 1490. The van der Waals surface area contributed by atoms with Gasteiger partial charge in [-0.05, 0) is 40.6 Å². The van der Waals surface area contributed by atoms with E-state index >= 15 is 0 Å². The van der Waals surface area contributed by atoms with E-state index < -0.39 is 0 Å². The fourth-order valence-electron chi connectivity index (χ4n) is 3.47. The van der Waals surface area contributed by atoms with E-state index in [1.54, 1.807) is 53.0 Å².